The molecule has 0 aromatic heterocycles. The molecule has 1 fully saturated rings. The Morgan fingerprint density at radius 3 is 2.24 bits per heavy atom. The molecule has 8 heteroatoms. The Kier molecular flexibility index (Phi) is 4.58. The number of carbonyl (C=O) groups is 1. The third-order valence-electron chi connectivity index (χ3n) is 2.81. The molecule has 0 unspecified atom stereocenters. The Hall–Kier alpha value is -1.02. The molecule has 1 heterocycles. The standard InChI is InChI=1S/C9H16F3N3O2/c1-7(9(10,11)12)14-3-5-15(6-4-14)8(16)13-17-2/h7H,3-6H2,1-2H3,(H,13,16)/t7-/m1/s1. The van der Waals surface area contributed by atoms with Crippen LogP contribution in [0.15, 0.2) is 0 Å². The Balaban J connectivity index is 2.43. The molecule has 1 rings (SSSR count). The molecular weight excluding hydrogens is 239 g/mol. The fourth-order valence-corrected chi connectivity index (χ4v) is 1.67. The number of amides is 2. The summed E-state index contributed by atoms with van der Waals surface area (Å²) in [5.41, 5.74) is 2.14. The average Bonchev–Trinajstić information content (AvgIpc) is 2.27. The number of hydroxylamine groups is 1. The molecule has 0 spiro atoms. The van der Waals surface area contributed by atoms with E-state index in [9.17, 15) is 18.0 Å². The predicted molar refractivity (Wildman–Crippen MR) is 54.2 cm³/mol. The molecule has 17 heavy (non-hydrogen) atoms. The third-order valence-corrected chi connectivity index (χ3v) is 2.81. The minimum atomic E-state index is -4.23. The van der Waals surface area contributed by atoms with E-state index in [4.69, 9.17) is 0 Å². The van der Waals surface area contributed by atoms with Crippen molar-refractivity contribution in [1.29, 1.82) is 0 Å². The number of piperazine rings is 1. The predicted octanol–water partition coefficient (Wildman–Crippen LogP) is 0.826. The van der Waals surface area contributed by atoms with Crippen molar-refractivity contribution < 1.29 is 22.8 Å². The first-order valence-electron chi connectivity index (χ1n) is 5.25. The van der Waals surface area contributed by atoms with E-state index in [-0.39, 0.29) is 26.2 Å². The van der Waals surface area contributed by atoms with E-state index in [0.29, 0.717) is 0 Å². The summed E-state index contributed by atoms with van der Waals surface area (Å²) in [6.07, 6.45) is -4.23. The van der Waals surface area contributed by atoms with Gasteiger partial charge in [-0.3, -0.25) is 9.74 Å². The Bertz CT molecular complexity index is 265. The molecule has 1 saturated heterocycles. The van der Waals surface area contributed by atoms with E-state index in [0.717, 1.165) is 6.92 Å². The van der Waals surface area contributed by atoms with Crippen LogP contribution in [0.5, 0.6) is 0 Å². The van der Waals surface area contributed by atoms with Crippen LogP contribution < -0.4 is 5.48 Å². The first-order valence-corrected chi connectivity index (χ1v) is 5.25. The third kappa shape index (κ3) is 3.74. The number of halogens is 3. The van der Waals surface area contributed by atoms with E-state index in [1.165, 1.54) is 16.9 Å². The Morgan fingerprint density at radius 1 is 1.29 bits per heavy atom. The van der Waals surface area contributed by atoms with Crippen LogP contribution >= 0.6 is 0 Å². The van der Waals surface area contributed by atoms with Gasteiger partial charge in [-0.15, -0.1) is 0 Å². The van der Waals surface area contributed by atoms with Gasteiger partial charge < -0.3 is 4.90 Å². The molecular formula is C9H16F3N3O2. The fraction of sp³-hybridized carbons (Fsp3) is 0.889. The zero-order valence-corrected chi connectivity index (χ0v) is 9.75. The Morgan fingerprint density at radius 2 is 1.82 bits per heavy atom. The number of carbonyl (C=O) groups excluding carboxylic acids is 1. The molecule has 0 aromatic carbocycles. The van der Waals surface area contributed by atoms with E-state index in [2.05, 4.69) is 10.3 Å². The molecule has 0 saturated carbocycles. The molecule has 0 aromatic rings. The summed E-state index contributed by atoms with van der Waals surface area (Å²) in [6, 6.07) is -1.90. The topological polar surface area (TPSA) is 44.8 Å². The molecule has 1 N–H and O–H groups in total. The zero-order chi connectivity index (χ0) is 13.1. The van der Waals surface area contributed by atoms with Crippen LogP contribution in [0, 0.1) is 0 Å². The van der Waals surface area contributed by atoms with Gasteiger partial charge in [0.25, 0.3) is 0 Å². The van der Waals surface area contributed by atoms with E-state index < -0.39 is 18.2 Å². The smallest absolute Gasteiger partial charge is 0.320 e. The summed E-state index contributed by atoms with van der Waals surface area (Å²) in [4.78, 5) is 18.5. The minimum Gasteiger partial charge on any atom is -0.320 e. The van der Waals surface area contributed by atoms with Crippen molar-refractivity contribution >= 4 is 6.03 Å². The molecule has 100 valence electrons. The highest BCUT2D eigenvalue weighted by atomic mass is 19.4. The summed E-state index contributed by atoms with van der Waals surface area (Å²) in [5, 5.41) is 0. The highest BCUT2D eigenvalue weighted by Crippen LogP contribution is 2.25. The first-order chi connectivity index (χ1) is 7.86. The number of nitrogens with zero attached hydrogens (tertiary/aromatic N) is 2. The van der Waals surface area contributed by atoms with Gasteiger partial charge in [-0.05, 0) is 6.92 Å². The number of nitrogens with one attached hydrogen (secondary N) is 1. The second-order valence-electron chi connectivity index (χ2n) is 3.85. The van der Waals surface area contributed by atoms with Crippen LogP contribution in [0.25, 0.3) is 0 Å². The van der Waals surface area contributed by atoms with Crippen molar-refractivity contribution in [1.82, 2.24) is 15.3 Å². The van der Waals surface area contributed by atoms with Crippen molar-refractivity contribution in [2.24, 2.45) is 0 Å². The van der Waals surface area contributed by atoms with Crippen LogP contribution in [0.2, 0.25) is 0 Å². The van der Waals surface area contributed by atoms with E-state index in [1.54, 1.807) is 0 Å². The molecule has 2 amide bonds. The number of alkyl halides is 3. The lowest BCUT2D eigenvalue weighted by molar-refractivity contribution is -0.181. The highest BCUT2D eigenvalue weighted by molar-refractivity contribution is 5.73. The number of hydrogen-bond donors (Lipinski definition) is 1. The van der Waals surface area contributed by atoms with Crippen molar-refractivity contribution in [3.05, 3.63) is 0 Å². The molecule has 1 aliphatic rings. The summed E-state index contributed by atoms with van der Waals surface area (Å²) in [5.74, 6) is 0. The van der Waals surface area contributed by atoms with Crippen LogP contribution in [0.1, 0.15) is 6.92 Å². The van der Waals surface area contributed by atoms with Gasteiger partial charge in [-0.1, -0.05) is 0 Å². The summed E-state index contributed by atoms with van der Waals surface area (Å²) in [6.45, 7) is 2.06. The molecule has 1 aliphatic heterocycles. The van der Waals surface area contributed by atoms with E-state index >= 15 is 0 Å². The normalized spacial score (nSPS) is 20.2. The highest BCUT2D eigenvalue weighted by Gasteiger charge is 2.41. The van der Waals surface area contributed by atoms with Gasteiger partial charge in [0.2, 0.25) is 0 Å². The van der Waals surface area contributed by atoms with Crippen LogP contribution in [0.4, 0.5) is 18.0 Å². The van der Waals surface area contributed by atoms with Crippen LogP contribution in [0.3, 0.4) is 0 Å². The molecule has 5 nitrogen and oxygen atoms in total. The van der Waals surface area contributed by atoms with Crippen LogP contribution in [-0.4, -0.2) is 61.3 Å². The van der Waals surface area contributed by atoms with Crippen LogP contribution in [-0.2, 0) is 4.84 Å². The zero-order valence-electron chi connectivity index (χ0n) is 9.75. The summed E-state index contributed by atoms with van der Waals surface area (Å²) < 4.78 is 37.4. The molecule has 0 radical (unpaired) electrons. The maximum atomic E-state index is 12.5. The Labute approximate surface area is 97.4 Å². The minimum absolute atomic E-state index is 0.206. The molecule has 0 bridgehead atoms. The number of hydrogen-bond acceptors (Lipinski definition) is 3. The largest absolute Gasteiger partial charge is 0.403 e. The molecule has 1 atom stereocenters. The lowest BCUT2D eigenvalue weighted by Gasteiger charge is -2.38. The van der Waals surface area contributed by atoms with Gasteiger partial charge >= 0.3 is 12.2 Å². The van der Waals surface area contributed by atoms with Gasteiger partial charge in [0.15, 0.2) is 0 Å². The van der Waals surface area contributed by atoms with Crippen molar-refractivity contribution in [3.8, 4) is 0 Å². The fourth-order valence-electron chi connectivity index (χ4n) is 1.67. The quantitative estimate of drug-likeness (QED) is 0.743. The average molecular weight is 255 g/mol. The van der Waals surface area contributed by atoms with Crippen molar-refractivity contribution in [2.75, 3.05) is 33.3 Å². The van der Waals surface area contributed by atoms with E-state index in [1.807, 2.05) is 0 Å². The monoisotopic (exact) mass is 255 g/mol. The summed E-state index contributed by atoms with van der Waals surface area (Å²) >= 11 is 0. The lowest BCUT2D eigenvalue weighted by Crippen LogP contribution is -2.56. The van der Waals surface area contributed by atoms with Gasteiger partial charge in [-0.2, -0.15) is 13.2 Å². The van der Waals surface area contributed by atoms with Gasteiger partial charge in [0.05, 0.1) is 7.11 Å². The second kappa shape index (κ2) is 5.54. The first kappa shape index (κ1) is 14.0. The maximum absolute atomic E-state index is 12.5. The molecule has 0 aliphatic carbocycles. The van der Waals surface area contributed by atoms with Crippen molar-refractivity contribution in [3.63, 3.8) is 0 Å². The number of urea groups is 1. The van der Waals surface area contributed by atoms with Gasteiger partial charge in [-0.25, -0.2) is 10.3 Å². The van der Waals surface area contributed by atoms with Gasteiger partial charge in [0, 0.05) is 26.2 Å². The second-order valence-corrected chi connectivity index (χ2v) is 3.85. The SMILES string of the molecule is CONC(=O)N1CCN([C@H](C)C(F)(F)F)CC1. The van der Waals surface area contributed by atoms with Gasteiger partial charge in [0.1, 0.15) is 6.04 Å². The summed E-state index contributed by atoms with van der Waals surface area (Å²) in [7, 11) is 1.31. The maximum Gasteiger partial charge on any atom is 0.403 e. The lowest BCUT2D eigenvalue weighted by atomic mass is 10.2. The number of rotatable bonds is 2. The van der Waals surface area contributed by atoms with Crippen molar-refractivity contribution in [2.45, 2.75) is 19.1 Å².